The highest BCUT2D eigenvalue weighted by atomic mass is 35.5. The molecule has 1 aliphatic heterocycles. The zero-order valence-electron chi connectivity index (χ0n) is 11.8. The molecule has 0 unspecified atom stereocenters. The van der Waals surface area contributed by atoms with E-state index in [2.05, 4.69) is 10.2 Å². The lowest BCUT2D eigenvalue weighted by atomic mass is 10.00. The van der Waals surface area contributed by atoms with Gasteiger partial charge in [-0.15, -0.1) is 12.4 Å². The first-order chi connectivity index (χ1) is 9.19. The van der Waals surface area contributed by atoms with Crippen LogP contribution < -0.4 is 10.1 Å². The minimum Gasteiger partial charge on any atom is -0.494 e. The molecule has 1 atom stereocenters. The summed E-state index contributed by atoms with van der Waals surface area (Å²) in [5.41, 5.74) is 0.128. The Morgan fingerprint density at radius 2 is 1.95 bits per heavy atom. The van der Waals surface area contributed by atoms with Crippen molar-refractivity contribution in [1.29, 1.82) is 0 Å². The summed E-state index contributed by atoms with van der Waals surface area (Å²) in [7, 11) is 1.39. The molecule has 1 saturated heterocycles. The topological polar surface area (TPSA) is 24.5 Å². The van der Waals surface area contributed by atoms with Crippen LogP contribution in [0.4, 0.5) is 8.78 Å². The average molecular weight is 307 g/mol. The molecule has 3 nitrogen and oxygen atoms in total. The second-order valence-corrected chi connectivity index (χ2v) is 4.69. The number of piperazine rings is 1. The fourth-order valence-electron chi connectivity index (χ4n) is 2.65. The predicted octanol–water partition coefficient (Wildman–Crippen LogP) is 2.75. The van der Waals surface area contributed by atoms with Gasteiger partial charge in [0.2, 0.25) is 0 Å². The molecule has 6 heteroatoms. The zero-order valence-corrected chi connectivity index (χ0v) is 12.6. The number of hydrogen-bond donors (Lipinski definition) is 1. The number of methoxy groups -OCH3 is 1. The third-order valence-electron chi connectivity index (χ3n) is 3.62. The van der Waals surface area contributed by atoms with E-state index in [0.717, 1.165) is 26.2 Å². The molecule has 1 heterocycles. The van der Waals surface area contributed by atoms with Crippen LogP contribution in [-0.4, -0.2) is 38.2 Å². The Morgan fingerprint density at radius 1 is 1.30 bits per heavy atom. The van der Waals surface area contributed by atoms with Crippen molar-refractivity contribution in [2.75, 3.05) is 33.3 Å². The summed E-state index contributed by atoms with van der Waals surface area (Å²) in [5, 5.41) is 3.24. The largest absolute Gasteiger partial charge is 0.494 e. The minimum atomic E-state index is -0.576. The van der Waals surface area contributed by atoms with Gasteiger partial charge in [-0.3, -0.25) is 4.90 Å². The summed E-state index contributed by atoms with van der Waals surface area (Å²) < 4.78 is 33.3. The van der Waals surface area contributed by atoms with Crippen LogP contribution in [0.2, 0.25) is 0 Å². The normalized spacial score (nSPS) is 17.4. The van der Waals surface area contributed by atoms with Crippen molar-refractivity contribution in [3.8, 4) is 5.75 Å². The average Bonchev–Trinajstić information content (AvgIpc) is 2.44. The molecule has 0 spiro atoms. The van der Waals surface area contributed by atoms with Gasteiger partial charge in [0.1, 0.15) is 5.82 Å². The Kier molecular flexibility index (Phi) is 6.65. The van der Waals surface area contributed by atoms with E-state index >= 15 is 0 Å². The molecule has 0 bridgehead atoms. The van der Waals surface area contributed by atoms with Gasteiger partial charge in [0.15, 0.2) is 11.6 Å². The van der Waals surface area contributed by atoms with Crippen molar-refractivity contribution in [2.45, 2.75) is 19.4 Å². The SMILES string of the molecule is CC[C@H](c1c(F)ccc(OC)c1F)N1CCNCC1.Cl. The number of nitrogens with one attached hydrogen (secondary N) is 1. The maximum absolute atomic E-state index is 14.3. The molecule has 114 valence electrons. The van der Waals surface area contributed by atoms with Gasteiger partial charge in [0, 0.05) is 37.8 Å². The second-order valence-electron chi connectivity index (χ2n) is 4.69. The maximum atomic E-state index is 14.3. The summed E-state index contributed by atoms with van der Waals surface area (Å²) in [6.45, 7) is 5.25. The van der Waals surface area contributed by atoms with Gasteiger partial charge in [-0.2, -0.15) is 0 Å². The number of rotatable bonds is 4. The minimum absolute atomic E-state index is 0. The van der Waals surface area contributed by atoms with Gasteiger partial charge in [-0.05, 0) is 18.6 Å². The van der Waals surface area contributed by atoms with E-state index in [1.165, 1.54) is 19.2 Å². The molecular formula is C14H21ClF2N2O. The van der Waals surface area contributed by atoms with Crippen LogP contribution in [0.3, 0.4) is 0 Å². The third kappa shape index (κ3) is 3.40. The molecule has 0 aliphatic carbocycles. The van der Waals surface area contributed by atoms with Crippen LogP contribution in [0.5, 0.6) is 5.75 Å². The van der Waals surface area contributed by atoms with Crippen LogP contribution in [0.15, 0.2) is 12.1 Å². The summed E-state index contributed by atoms with van der Waals surface area (Å²) in [4.78, 5) is 2.12. The molecule has 1 aromatic carbocycles. The molecule has 0 aromatic heterocycles. The Balaban J connectivity index is 0.00000200. The predicted molar refractivity (Wildman–Crippen MR) is 77.6 cm³/mol. The number of benzene rings is 1. The van der Waals surface area contributed by atoms with Crippen molar-refractivity contribution in [3.63, 3.8) is 0 Å². The summed E-state index contributed by atoms with van der Waals surface area (Å²) in [5.74, 6) is -0.971. The molecule has 1 aliphatic rings. The fourth-order valence-corrected chi connectivity index (χ4v) is 2.65. The van der Waals surface area contributed by atoms with E-state index in [4.69, 9.17) is 4.74 Å². The summed E-state index contributed by atoms with van der Waals surface area (Å²) in [6.07, 6.45) is 0.668. The monoisotopic (exact) mass is 306 g/mol. The van der Waals surface area contributed by atoms with Gasteiger partial charge >= 0.3 is 0 Å². The van der Waals surface area contributed by atoms with E-state index in [-0.39, 0.29) is 29.8 Å². The highest BCUT2D eigenvalue weighted by Gasteiger charge is 2.27. The van der Waals surface area contributed by atoms with Crippen molar-refractivity contribution >= 4 is 12.4 Å². The highest BCUT2D eigenvalue weighted by molar-refractivity contribution is 5.85. The lowest BCUT2D eigenvalue weighted by Gasteiger charge is -2.35. The molecule has 2 rings (SSSR count). The maximum Gasteiger partial charge on any atom is 0.172 e. The van der Waals surface area contributed by atoms with Crippen molar-refractivity contribution in [3.05, 3.63) is 29.3 Å². The lowest BCUT2D eigenvalue weighted by molar-refractivity contribution is 0.162. The Hall–Kier alpha value is -0.910. The molecule has 0 amide bonds. The van der Waals surface area contributed by atoms with E-state index in [0.29, 0.717) is 6.42 Å². The van der Waals surface area contributed by atoms with Crippen LogP contribution in [0, 0.1) is 11.6 Å². The van der Waals surface area contributed by atoms with Crippen molar-refractivity contribution in [1.82, 2.24) is 10.2 Å². The standard InChI is InChI=1S/C14H20F2N2O.ClH/c1-3-11(18-8-6-17-7-9-18)13-10(15)4-5-12(19-2)14(13)16;/h4-5,11,17H,3,6-9H2,1-2H3;1H/t11-;/m1./s1. The molecule has 1 fully saturated rings. The molecule has 1 aromatic rings. The second kappa shape index (κ2) is 7.76. The van der Waals surface area contributed by atoms with Crippen LogP contribution in [0.1, 0.15) is 24.9 Å². The Morgan fingerprint density at radius 3 is 2.50 bits per heavy atom. The molecule has 20 heavy (non-hydrogen) atoms. The Bertz CT molecular complexity index is 439. The van der Waals surface area contributed by atoms with Gasteiger partial charge in [0.05, 0.1) is 7.11 Å². The molecular weight excluding hydrogens is 286 g/mol. The number of ether oxygens (including phenoxy) is 1. The third-order valence-corrected chi connectivity index (χ3v) is 3.62. The highest BCUT2D eigenvalue weighted by Crippen LogP contribution is 2.33. The van der Waals surface area contributed by atoms with Gasteiger partial charge < -0.3 is 10.1 Å². The first-order valence-electron chi connectivity index (χ1n) is 6.65. The summed E-state index contributed by atoms with van der Waals surface area (Å²) in [6, 6.07) is 2.37. The Labute approximate surface area is 124 Å². The van der Waals surface area contributed by atoms with Gasteiger partial charge in [-0.25, -0.2) is 8.78 Å². The van der Waals surface area contributed by atoms with E-state index in [1.54, 1.807) is 0 Å². The van der Waals surface area contributed by atoms with Crippen LogP contribution >= 0.6 is 12.4 Å². The fraction of sp³-hybridized carbons (Fsp3) is 0.571. The van der Waals surface area contributed by atoms with E-state index in [9.17, 15) is 8.78 Å². The first kappa shape index (κ1) is 17.1. The van der Waals surface area contributed by atoms with E-state index < -0.39 is 11.6 Å². The molecule has 0 radical (unpaired) electrons. The lowest BCUT2D eigenvalue weighted by Crippen LogP contribution is -2.45. The van der Waals surface area contributed by atoms with Crippen LogP contribution in [-0.2, 0) is 0 Å². The number of halogens is 3. The molecule has 0 saturated carbocycles. The first-order valence-corrected chi connectivity index (χ1v) is 6.65. The zero-order chi connectivity index (χ0) is 13.8. The quantitative estimate of drug-likeness (QED) is 0.926. The number of nitrogens with zero attached hydrogens (tertiary/aromatic N) is 1. The smallest absolute Gasteiger partial charge is 0.172 e. The van der Waals surface area contributed by atoms with Gasteiger partial charge in [-0.1, -0.05) is 6.92 Å². The van der Waals surface area contributed by atoms with Crippen molar-refractivity contribution < 1.29 is 13.5 Å². The van der Waals surface area contributed by atoms with Crippen molar-refractivity contribution in [2.24, 2.45) is 0 Å². The van der Waals surface area contributed by atoms with Crippen LogP contribution in [0.25, 0.3) is 0 Å². The molecule has 1 N–H and O–H groups in total. The van der Waals surface area contributed by atoms with Gasteiger partial charge in [0.25, 0.3) is 0 Å². The van der Waals surface area contributed by atoms with E-state index in [1.807, 2.05) is 6.92 Å². The summed E-state index contributed by atoms with van der Waals surface area (Å²) >= 11 is 0. The number of hydrogen-bond acceptors (Lipinski definition) is 3.